The van der Waals surface area contributed by atoms with Crippen LogP contribution in [0.1, 0.15) is 16.3 Å². The molecule has 0 bridgehead atoms. The van der Waals surface area contributed by atoms with Gasteiger partial charge in [0.25, 0.3) is 0 Å². The monoisotopic (exact) mass is 404 g/mol. The Kier molecular flexibility index (Phi) is 3.33. The van der Waals surface area contributed by atoms with Crippen molar-refractivity contribution in [3.05, 3.63) is 58.2 Å². The molecule has 8 heteroatoms. The van der Waals surface area contributed by atoms with Gasteiger partial charge in [-0.15, -0.1) is 11.3 Å². The Morgan fingerprint density at radius 1 is 1.11 bits per heavy atom. The summed E-state index contributed by atoms with van der Waals surface area (Å²) in [4.78, 5) is 20.3. The van der Waals surface area contributed by atoms with Gasteiger partial charge in [-0.3, -0.25) is 0 Å². The Balaban J connectivity index is 1.75. The minimum absolute atomic E-state index is 0.385. The molecule has 0 N–H and O–H groups in total. The van der Waals surface area contributed by atoms with E-state index < -0.39 is 0 Å². The molecule has 0 atom stereocenters. The first kappa shape index (κ1) is 16.1. The average molecular weight is 405 g/mol. The first-order valence-corrected chi connectivity index (χ1v) is 10.1. The van der Waals surface area contributed by atoms with Crippen LogP contribution in [-0.4, -0.2) is 29.7 Å². The van der Waals surface area contributed by atoms with Gasteiger partial charge in [0.2, 0.25) is 0 Å². The molecule has 0 radical (unpaired) electrons. The van der Waals surface area contributed by atoms with E-state index in [-0.39, 0.29) is 0 Å². The van der Waals surface area contributed by atoms with Crippen LogP contribution in [0.4, 0.5) is 0 Å². The number of aromatic nitrogens is 6. The second-order valence-electron chi connectivity index (χ2n) is 6.79. The normalized spacial score (nSPS) is 13.1. The van der Waals surface area contributed by atoms with Crippen LogP contribution in [0.25, 0.3) is 38.2 Å². The molecular formula is C20H13ClN6S. The first-order valence-electron chi connectivity index (χ1n) is 8.93. The van der Waals surface area contributed by atoms with Gasteiger partial charge in [0.1, 0.15) is 22.1 Å². The van der Waals surface area contributed by atoms with E-state index in [4.69, 9.17) is 21.6 Å². The molecule has 136 valence electrons. The van der Waals surface area contributed by atoms with E-state index >= 15 is 0 Å². The van der Waals surface area contributed by atoms with Gasteiger partial charge in [0, 0.05) is 10.4 Å². The SMILES string of the molecule is Cc1nc(-n2ncc3c(Cl)ncnc32)c2c3c(sc2n1)CCc1ccccc1-3. The number of halogens is 1. The lowest BCUT2D eigenvalue weighted by atomic mass is 9.89. The van der Waals surface area contributed by atoms with Gasteiger partial charge in [-0.25, -0.2) is 19.9 Å². The third kappa shape index (κ3) is 2.17. The van der Waals surface area contributed by atoms with E-state index in [1.54, 1.807) is 22.2 Å². The molecule has 0 aliphatic heterocycles. The summed E-state index contributed by atoms with van der Waals surface area (Å²) in [5.74, 6) is 1.44. The van der Waals surface area contributed by atoms with Crippen molar-refractivity contribution < 1.29 is 0 Å². The first-order chi connectivity index (χ1) is 13.7. The molecule has 4 aromatic heterocycles. The topological polar surface area (TPSA) is 69.4 Å². The van der Waals surface area contributed by atoms with Crippen molar-refractivity contribution in [3.63, 3.8) is 0 Å². The zero-order valence-corrected chi connectivity index (χ0v) is 16.4. The highest BCUT2D eigenvalue weighted by molar-refractivity contribution is 7.19. The third-order valence-electron chi connectivity index (χ3n) is 5.14. The number of nitrogens with zero attached hydrogens (tertiary/aromatic N) is 6. The Hall–Kier alpha value is -2.90. The van der Waals surface area contributed by atoms with E-state index in [1.807, 2.05) is 6.92 Å². The van der Waals surface area contributed by atoms with Crippen molar-refractivity contribution in [3.8, 4) is 16.9 Å². The van der Waals surface area contributed by atoms with Crippen molar-refractivity contribution in [2.75, 3.05) is 0 Å². The van der Waals surface area contributed by atoms with Crippen molar-refractivity contribution in [2.24, 2.45) is 0 Å². The standard InChI is InChI=1S/C20H13ClN6S/c1-10-25-19(27-18-13(8-24-27)17(21)22-9-23-18)16-15-12-5-3-2-4-11(12)6-7-14(15)28-20(16)26-10/h2-5,8-9H,6-7H2,1H3. The van der Waals surface area contributed by atoms with Gasteiger partial charge in [-0.05, 0) is 30.9 Å². The molecule has 6 rings (SSSR count). The second kappa shape index (κ2) is 5.80. The summed E-state index contributed by atoms with van der Waals surface area (Å²) in [7, 11) is 0. The Labute approximate surface area is 168 Å². The molecule has 4 heterocycles. The molecule has 0 fully saturated rings. The molecule has 1 aliphatic carbocycles. The van der Waals surface area contributed by atoms with Crippen molar-refractivity contribution >= 4 is 44.2 Å². The van der Waals surface area contributed by atoms with Crippen LogP contribution < -0.4 is 0 Å². The van der Waals surface area contributed by atoms with Crippen LogP contribution in [-0.2, 0) is 12.8 Å². The number of thiophene rings is 1. The molecule has 0 saturated heterocycles. The van der Waals surface area contributed by atoms with Crippen LogP contribution in [0.15, 0.2) is 36.8 Å². The molecule has 5 aromatic rings. The Morgan fingerprint density at radius 2 is 2.00 bits per heavy atom. The van der Waals surface area contributed by atoms with Crippen molar-refractivity contribution in [1.82, 2.24) is 29.7 Å². The maximum Gasteiger partial charge on any atom is 0.169 e. The highest BCUT2D eigenvalue weighted by atomic mass is 35.5. The van der Waals surface area contributed by atoms with E-state index in [9.17, 15) is 0 Å². The average Bonchev–Trinajstić information content (AvgIpc) is 3.29. The van der Waals surface area contributed by atoms with E-state index in [1.165, 1.54) is 27.9 Å². The quantitative estimate of drug-likeness (QED) is 0.383. The fourth-order valence-corrected chi connectivity index (χ4v) is 5.35. The van der Waals surface area contributed by atoms with Crippen molar-refractivity contribution in [2.45, 2.75) is 19.8 Å². The maximum absolute atomic E-state index is 6.23. The molecule has 0 saturated carbocycles. The number of hydrogen-bond donors (Lipinski definition) is 0. The minimum Gasteiger partial charge on any atom is -0.224 e. The van der Waals surface area contributed by atoms with Gasteiger partial charge in [-0.2, -0.15) is 9.78 Å². The van der Waals surface area contributed by atoms with Gasteiger partial charge in [0.15, 0.2) is 11.5 Å². The maximum atomic E-state index is 6.23. The summed E-state index contributed by atoms with van der Waals surface area (Å²) in [5.41, 5.74) is 4.48. The number of benzene rings is 1. The number of aryl methyl sites for hydroxylation is 3. The highest BCUT2D eigenvalue weighted by Gasteiger charge is 2.26. The summed E-state index contributed by atoms with van der Waals surface area (Å²) in [6, 6.07) is 8.57. The summed E-state index contributed by atoms with van der Waals surface area (Å²) >= 11 is 7.98. The number of rotatable bonds is 1. The summed E-state index contributed by atoms with van der Waals surface area (Å²) in [6.45, 7) is 1.91. The Morgan fingerprint density at radius 3 is 2.93 bits per heavy atom. The van der Waals surface area contributed by atoms with Crippen LogP contribution in [0.2, 0.25) is 5.15 Å². The second-order valence-corrected chi connectivity index (χ2v) is 8.23. The zero-order chi connectivity index (χ0) is 18.8. The van der Waals surface area contributed by atoms with E-state index in [2.05, 4.69) is 39.3 Å². The molecule has 28 heavy (non-hydrogen) atoms. The fraction of sp³-hybridized carbons (Fsp3) is 0.150. The fourth-order valence-electron chi connectivity index (χ4n) is 3.95. The van der Waals surface area contributed by atoms with E-state index in [0.29, 0.717) is 22.0 Å². The van der Waals surface area contributed by atoms with Gasteiger partial charge >= 0.3 is 0 Å². The number of fused-ring (bicyclic) bond motifs is 6. The van der Waals surface area contributed by atoms with Crippen LogP contribution in [0.3, 0.4) is 0 Å². The molecule has 1 aromatic carbocycles. The summed E-state index contributed by atoms with van der Waals surface area (Å²) in [5, 5.41) is 6.66. The molecule has 0 unspecified atom stereocenters. The lowest BCUT2D eigenvalue weighted by Gasteiger charge is -2.17. The largest absolute Gasteiger partial charge is 0.224 e. The molecule has 1 aliphatic rings. The van der Waals surface area contributed by atoms with Crippen LogP contribution >= 0.6 is 22.9 Å². The third-order valence-corrected chi connectivity index (χ3v) is 6.59. The molecule has 0 amide bonds. The summed E-state index contributed by atoms with van der Waals surface area (Å²) in [6.07, 6.45) is 5.20. The predicted molar refractivity (Wildman–Crippen MR) is 110 cm³/mol. The predicted octanol–water partition coefficient (Wildman–Crippen LogP) is 4.55. The van der Waals surface area contributed by atoms with Crippen LogP contribution in [0.5, 0.6) is 0 Å². The van der Waals surface area contributed by atoms with Gasteiger partial charge in [-0.1, -0.05) is 35.9 Å². The smallest absolute Gasteiger partial charge is 0.169 e. The summed E-state index contributed by atoms with van der Waals surface area (Å²) < 4.78 is 1.75. The van der Waals surface area contributed by atoms with Crippen molar-refractivity contribution in [1.29, 1.82) is 0 Å². The Bertz CT molecular complexity index is 1400. The number of hydrogen-bond acceptors (Lipinski definition) is 6. The van der Waals surface area contributed by atoms with Gasteiger partial charge in [0.05, 0.1) is 17.0 Å². The van der Waals surface area contributed by atoms with Gasteiger partial charge < -0.3 is 0 Å². The molecule has 0 spiro atoms. The zero-order valence-electron chi connectivity index (χ0n) is 14.8. The lowest BCUT2D eigenvalue weighted by Crippen LogP contribution is -2.06. The lowest BCUT2D eigenvalue weighted by molar-refractivity contribution is 0.856. The molecule has 6 nitrogen and oxygen atoms in total. The minimum atomic E-state index is 0.385. The molecular weight excluding hydrogens is 392 g/mol. The van der Waals surface area contributed by atoms with E-state index in [0.717, 1.165) is 28.9 Å². The van der Waals surface area contributed by atoms with Crippen LogP contribution in [0, 0.1) is 6.92 Å². The highest BCUT2D eigenvalue weighted by Crippen LogP contribution is 2.45.